The van der Waals surface area contributed by atoms with E-state index in [-0.39, 0.29) is 24.5 Å². The summed E-state index contributed by atoms with van der Waals surface area (Å²) >= 11 is 0. The molecule has 1 aliphatic heterocycles. The molecule has 1 unspecified atom stereocenters. The highest BCUT2D eigenvalue weighted by Crippen LogP contribution is 2.20. The maximum absolute atomic E-state index is 12.3. The van der Waals surface area contributed by atoms with Gasteiger partial charge in [0, 0.05) is 17.8 Å². The highest BCUT2D eigenvalue weighted by Gasteiger charge is 2.27. The minimum Gasteiger partial charge on any atom is -0.497 e. The predicted molar refractivity (Wildman–Crippen MR) is 103 cm³/mol. The van der Waals surface area contributed by atoms with Gasteiger partial charge in [0.05, 0.1) is 19.8 Å². The lowest BCUT2D eigenvalue weighted by molar-refractivity contribution is -0.129. The van der Waals surface area contributed by atoms with Crippen molar-refractivity contribution >= 4 is 17.5 Å². The number of benzene rings is 2. The van der Waals surface area contributed by atoms with E-state index in [1.807, 2.05) is 24.3 Å². The molecule has 0 spiro atoms. The maximum Gasteiger partial charge on any atom is 0.253 e. The lowest BCUT2D eigenvalue weighted by Gasteiger charge is -2.33. The zero-order valence-electron chi connectivity index (χ0n) is 15.6. The summed E-state index contributed by atoms with van der Waals surface area (Å²) in [4.78, 5) is 26.3. The van der Waals surface area contributed by atoms with Crippen molar-refractivity contribution in [3.63, 3.8) is 0 Å². The summed E-state index contributed by atoms with van der Waals surface area (Å²) in [6.07, 6.45) is 0.694. The van der Waals surface area contributed by atoms with E-state index in [2.05, 4.69) is 12.2 Å². The number of carbonyl (C=O) groups excluding carboxylic acids is 2. The van der Waals surface area contributed by atoms with Crippen LogP contribution < -0.4 is 15.0 Å². The second kappa shape index (κ2) is 8.68. The fourth-order valence-corrected chi connectivity index (χ4v) is 2.98. The van der Waals surface area contributed by atoms with Crippen molar-refractivity contribution in [3.05, 3.63) is 59.7 Å². The number of anilines is 1. The molecule has 2 aromatic carbocycles. The van der Waals surface area contributed by atoms with Gasteiger partial charge in [0.1, 0.15) is 12.4 Å². The van der Waals surface area contributed by atoms with Crippen molar-refractivity contribution in [1.82, 2.24) is 5.32 Å². The van der Waals surface area contributed by atoms with Gasteiger partial charge in [-0.3, -0.25) is 9.59 Å². The zero-order valence-corrected chi connectivity index (χ0v) is 15.6. The molecular weight excluding hydrogens is 344 g/mol. The normalized spacial score (nSPS) is 16.9. The Kier molecular flexibility index (Phi) is 6.08. The number of methoxy groups -OCH3 is 1. The quantitative estimate of drug-likeness (QED) is 0.850. The first-order chi connectivity index (χ1) is 13.1. The van der Waals surface area contributed by atoms with Crippen molar-refractivity contribution in [3.8, 4) is 5.75 Å². The van der Waals surface area contributed by atoms with Gasteiger partial charge < -0.3 is 19.7 Å². The van der Waals surface area contributed by atoms with Gasteiger partial charge in [0.25, 0.3) is 11.8 Å². The molecule has 0 aliphatic carbocycles. The molecule has 1 aliphatic rings. The molecule has 27 heavy (non-hydrogen) atoms. The van der Waals surface area contributed by atoms with Crippen LogP contribution in [0.2, 0.25) is 0 Å². The third-order valence-electron chi connectivity index (χ3n) is 4.61. The molecular formula is C21H24N2O4. The second-order valence-corrected chi connectivity index (χ2v) is 6.40. The Morgan fingerprint density at radius 2 is 2.04 bits per heavy atom. The number of morpholine rings is 1. The average molecular weight is 368 g/mol. The predicted octanol–water partition coefficient (Wildman–Crippen LogP) is 2.42. The van der Waals surface area contributed by atoms with E-state index in [0.29, 0.717) is 24.4 Å². The average Bonchev–Trinajstić information content (AvgIpc) is 2.73. The molecule has 6 heteroatoms. The number of ether oxygens (including phenoxy) is 2. The molecule has 142 valence electrons. The van der Waals surface area contributed by atoms with Crippen LogP contribution in [0.5, 0.6) is 5.75 Å². The Morgan fingerprint density at radius 3 is 2.74 bits per heavy atom. The Morgan fingerprint density at radius 1 is 1.26 bits per heavy atom. The molecule has 1 fully saturated rings. The van der Waals surface area contributed by atoms with E-state index in [4.69, 9.17) is 9.47 Å². The van der Waals surface area contributed by atoms with Gasteiger partial charge in [0.15, 0.2) is 0 Å². The van der Waals surface area contributed by atoms with Gasteiger partial charge in [-0.1, -0.05) is 25.1 Å². The smallest absolute Gasteiger partial charge is 0.253 e. The molecule has 2 aromatic rings. The number of aryl methyl sites for hydroxylation is 1. The van der Waals surface area contributed by atoms with E-state index < -0.39 is 0 Å². The number of rotatable bonds is 6. The minimum atomic E-state index is -0.261. The molecule has 1 N–H and O–H groups in total. The fraction of sp³-hybridized carbons (Fsp3) is 0.333. The summed E-state index contributed by atoms with van der Waals surface area (Å²) < 4.78 is 10.7. The maximum atomic E-state index is 12.3. The van der Waals surface area contributed by atoms with Crippen LogP contribution in [0.1, 0.15) is 22.8 Å². The number of nitrogens with one attached hydrogen (secondary N) is 1. The molecule has 1 saturated heterocycles. The SMILES string of the molecule is CCc1ccc(N2CC(CNC(=O)c3cccc(OC)c3)OCC2=O)cc1. The Balaban J connectivity index is 1.60. The van der Waals surface area contributed by atoms with Crippen LogP contribution in [0.3, 0.4) is 0 Å². The van der Waals surface area contributed by atoms with Crippen LogP contribution in [0.4, 0.5) is 5.69 Å². The van der Waals surface area contributed by atoms with Gasteiger partial charge >= 0.3 is 0 Å². The third-order valence-corrected chi connectivity index (χ3v) is 4.61. The van der Waals surface area contributed by atoms with Crippen LogP contribution in [-0.4, -0.2) is 44.7 Å². The minimum absolute atomic E-state index is 0.00915. The fourth-order valence-electron chi connectivity index (χ4n) is 2.98. The van der Waals surface area contributed by atoms with Crippen molar-refractivity contribution in [2.75, 3.05) is 31.7 Å². The van der Waals surface area contributed by atoms with Crippen LogP contribution in [0, 0.1) is 0 Å². The molecule has 2 amide bonds. The van der Waals surface area contributed by atoms with Gasteiger partial charge in [-0.2, -0.15) is 0 Å². The topological polar surface area (TPSA) is 67.9 Å². The lowest BCUT2D eigenvalue weighted by Crippen LogP contribution is -2.50. The Labute approximate surface area is 159 Å². The van der Waals surface area contributed by atoms with Crippen LogP contribution in [-0.2, 0) is 16.0 Å². The lowest BCUT2D eigenvalue weighted by atomic mass is 10.1. The van der Waals surface area contributed by atoms with E-state index >= 15 is 0 Å². The summed E-state index contributed by atoms with van der Waals surface area (Å²) in [5.41, 5.74) is 2.60. The summed E-state index contributed by atoms with van der Waals surface area (Å²) in [6, 6.07) is 14.9. The van der Waals surface area contributed by atoms with Crippen molar-refractivity contribution in [1.29, 1.82) is 0 Å². The summed E-state index contributed by atoms with van der Waals surface area (Å²) in [5, 5.41) is 2.87. The first-order valence-electron chi connectivity index (χ1n) is 9.04. The number of nitrogens with zero attached hydrogens (tertiary/aromatic N) is 1. The highest BCUT2D eigenvalue weighted by molar-refractivity contribution is 5.95. The van der Waals surface area contributed by atoms with Gasteiger partial charge in [-0.15, -0.1) is 0 Å². The first-order valence-corrected chi connectivity index (χ1v) is 9.04. The number of amides is 2. The van der Waals surface area contributed by atoms with E-state index in [0.717, 1.165) is 12.1 Å². The molecule has 6 nitrogen and oxygen atoms in total. The molecule has 0 radical (unpaired) electrons. The summed E-state index contributed by atoms with van der Waals surface area (Å²) in [6.45, 7) is 2.83. The van der Waals surface area contributed by atoms with E-state index in [1.54, 1.807) is 36.3 Å². The first kappa shape index (κ1) is 18.9. The molecule has 1 atom stereocenters. The van der Waals surface area contributed by atoms with Gasteiger partial charge in [0.2, 0.25) is 0 Å². The number of hydrogen-bond acceptors (Lipinski definition) is 4. The molecule has 0 saturated carbocycles. The van der Waals surface area contributed by atoms with Crippen LogP contribution in [0.25, 0.3) is 0 Å². The van der Waals surface area contributed by atoms with Crippen LogP contribution >= 0.6 is 0 Å². The highest BCUT2D eigenvalue weighted by atomic mass is 16.5. The Bertz CT molecular complexity index is 804. The van der Waals surface area contributed by atoms with Gasteiger partial charge in [-0.05, 0) is 42.3 Å². The van der Waals surface area contributed by atoms with Crippen molar-refractivity contribution in [2.45, 2.75) is 19.4 Å². The molecule has 0 aromatic heterocycles. The monoisotopic (exact) mass is 368 g/mol. The number of carbonyl (C=O) groups is 2. The van der Waals surface area contributed by atoms with E-state index in [9.17, 15) is 9.59 Å². The summed E-state index contributed by atoms with van der Waals surface area (Å²) in [7, 11) is 1.56. The third kappa shape index (κ3) is 4.65. The zero-order chi connectivity index (χ0) is 19.2. The van der Waals surface area contributed by atoms with Crippen LogP contribution in [0.15, 0.2) is 48.5 Å². The molecule has 3 rings (SSSR count). The van der Waals surface area contributed by atoms with Crippen molar-refractivity contribution < 1.29 is 19.1 Å². The van der Waals surface area contributed by atoms with Gasteiger partial charge in [-0.25, -0.2) is 0 Å². The second-order valence-electron chi connectivity index (χ2n) is 6.40. The molecule has 0 bridgehead atoms. The largest absolute Gasteiger partial charge is 0.497 e. The Hall–Kier alpha value is -2.86. The van der Waals surface area contributed by atoms with E-state index in [1.165, 1.54) is 5.56 Å². The molecule has 1 heterocycles. The summed E-state index contributed by atoms with van der Waals surface area (Å²) in [5.74, 6) is 0.353. The standard InChI is InChI=1S/C21H24N2O4/c1-3-15-7-9-17(10-8-15)23-13-19(27-14-20(23)24)12-22-21(25)16-5-4-6-18(11-16)26-2/h4-11,19H,3,12-14H2,1-2H3,(H,22,25). The number of hydrogen-bond donors (Lipinski definition) is 1. The van der Waals surface area contributed by atoms with Crippen molar-refractivity contribution in [2.24, 2.45) is 0 Å².